The van der Waals surface area contributed by atoms with Gasteiger partial charge in [0.1, 0.15) is 0 Å². The highest BCUT2D eigenvalue weighted by Gasteiger charge is 2.42. The number of anilines is 1. The first-order valence-corrected chi connectivity index (χ1v) is 7.40. The fourth-order valence-corrected chi connectivity index (χ4v) is 4.35. The predicted molar refractivity (Wildman–Crippen MR) is 75.6 cm³/mol. The SMILES string of the molecule is CC(=O)N1CC2C[C@H]3NCCC[C@@H]3c3cccc1c32. The summed E-state index contributed by atoms with van der Waals surface area (Å²) in [4.78, 5) is 13.8. The molecule has 0 radical (unpaired) electrons. The number of hydrogen-bond donors (Lipinski definition) is 1. The second-order valence-electron chi connectivity index (χ2n) is 6.15. The number of amides is 1. The Balaban J connectivity index is 1.84. The van der Waals surface area contributed by atoms with E-state index in [9.17, 15) is 4.79 Å². The molecule has 2 aliphatic heterocycles. The van der Waals surface area contributed by atoms with Crippen LogP contribution < -0.4 is 10.2 Å². The molecule has 1 amide bonds. The highest BCUT2D eigenvalue weighted by Crippen LogP contribution is 2.50. The zero-order valence-corrected chi connectivity index (χ0v) is 11.4. The van der Waals surface area contributed by atoms with Crippen LogP contribution in [0.25, 0.3) is 0 Å². The zero-order chi connectivity index (χ0) is 13.0. The first kappa shape index (κ1) is 11.5. The number of carbonyl (C=O) groups is 1. The number of fused-ring (bicyclic) bond motifs is 2. The van der Waals surface area contributed by atoms with Crippen LogP contribution in [0, 0.1) is 0 Å². The van der Waals surface area contributed by atoms with Crippen molar-refractivity contribution in [2.24, 2.45) is 0 Å². The normalized spacial score (nSPS) is 31.8. The molecule has 3 aliphatic rings. The monoisotopic (exact) mass is 256 g/mol. The average Bonchev–Trinajstić information content (AvgIpc) is 2.80. The molecule has 1 aromatic rings. The van der Waals surface area contributed by atoms with Crippen molar-refractivity contribution in [3.8, 4) is 0 Å². The fourth-order valence-electron chi connectivity index (χ4n) is 4.35. The molecule has 1 saturated heterocycles. The molecule has 1 fully saturated rings. The summed E-state index contributed by atoms with van der Waals surface area (Å²) in [5, 5.41) is 3.69. The number of nitrogens with zero attached hydrogens (tertiary/aromatic N) is 1. The Morgan fingerprint density at radius 2 is 2.32 bits per heavy atom. The zero-order valence-electron chi connectivity index (χ0n) is 11.4. The lowest BCUT2D eigenvalue weighted by molar-refractivity contribution is -0.116. The van der Waals surface area contributed by atoms with Gasteiger partial charge in [-0.15, -0.1) is 0 Å². The van der Waals surface area contributed by atoms with Crippen LogP contribution in [0.5, 0.6) is 0 Å². The number of benzene rings is 1. The molecule has 1 aliphatic carbocycles. The molecule has 1 N–H and O–H groups in total. The molecule has 0 aromatic heterocycles. The van der Waals surface area contributed by atoms with Crippen molar-refractivity contribution in [2.45, 2.75) is 44.1 Å². The van der Waals surface area contributed by atoms with Crippen LogP contribution in [0.3, 0.4) is 0 Å². The minimum Gasteiger partial charge on any atom is -0.313 e. The van der Waals surface area contributed by atoms with Gasteiger partial charge in [-0.1, -0.05) is 12.1 Å². The second-order valence-corrected chi connectivity index (χ2v) is 6.15. The Kier molecular flexibility index (Phi) is 2.46. The highest BCUT2D eigenvalue weighted by molar-refractivity contribution is 5.94. The second kappa shape index (κ2) is 4.07. The molecule has 1 aromatic carbocycles. The number of hydrogen-bond acceptors (Lipinski definition) is 2. The predicted octanol–water partition coefficient (Wildman–Crippen LogP) is 2.38. The molecule has 2 heterocycles. The molecule has 100 valence electrons. The van der Waals surface area contributed by atoms with Crippen LogP contribution >= 0.6 is 0 Å². The maximum atomic E-state index is 11.8. The topological polar surface area (TPSA) is 32.3 Å². The Labute approximate surface area is 114 Å². The van der Waals surface area contributed by atoms with E-state index < -0.39 is 0 Å². The van der Waals surface area contributed by atoms with Crippen LogP contribution in [0.15, 0.2) is 18.2 Å². The summed E-state index contributed by atoms with van der Waals surface area (Å²) in [5.41, 5.74) is 4.16. The van der Waals surface area contributed by atoms with E-state index in [4.69, 9.17) is 0 Å². The lowest BCUT2D eigenvalue weighted by Gasteiger charge is -2.40. The maximum absolute atomic E-state index is 11.8. The van der Waals surface area contributed by atoms with Crippen molar-refractivity contribution < 1.29 is 4.79 Å². The first-order valence-electron chi connectivity index (χ1n) is 7.40. The van der Waals surface area contributed by atoms with E-state index in [2.05, 4.69) is 23.5 Å². The molecule has 3 heteroatoms. The lowest BCUT2D eigenvalue weighted by Crippen LogP contribution is -2.43. The highest BCUT2D eigenvalue weighted by atomic mass is 16.2. The van der Waals surface area contributed by atoms with Crippen molar-refractivity contribution in [1.29, 1.82) is 0 Å². The summed E-state index contributed by atoms with van der Waals surface area (Å²) in [7, 11) is 0. The molecule has 0 spiro atoms. The van der Waals surface area contributed by atoms with Gasteiger partial charge in [-0.05, 0) is 48.9 Å². The van der Waals surface area contributed by atoms with Gasteiger partial charge < -0.3 is 10.2 Å². The van der Waals surface area contributed by atoms with Gasteiger partial charge in [0.25, 0.3) is 0 Å². The van der Waals surface area contributed by atoms with Crippen LogP contribution in [-0.4, -0.2) is 25.0 Å². The molecular formula is C16H20N2O. The third-order valence-electron chi connectivity index (χ3n) is 5.12. The molecule has 4 rings (SSSR count). The Morgan fingerprint density at radius 3 is 3.16 bits per heavy atom. The molecule has 1 unspecified atom stereocenters. The number of piperidine rings is 1. The van der Waals surface area contributed by atoms with E-state index in [1.54, 1.807) is 6.92 Å². The van der Waals surface area contributed by atoms with Gasteiger partial charge >= 0.3 is 0 Å². The maximum Gasteiger partial charge on any atom is 0.223 e. The average molecular weight is 256 g/mol. The minimum absolute atomic E-state index is 0.179. The van der Waals surface area contributed by atoms with Gasteiger partial charge in [-0.25, -0.2) is 0 Å². The van der Waals surface area contributed by atoms with Crippen molar-refractivity contribution in [3.63, 3.8) is 0 Å². The Morgan fingerprint density at radius 1 is 1.42 bits per heavy atom. The van der Waals surface area contributed by atoms with Gasteiger partial charge in [0.05, 0.1) is 0 Å². The van der Waals surface area contributed by atoms with Gasteiger partial charge in [0.2, 0.25) is 5.91 Å². The number of rotatable bonds is 0. The van der Waals surface area contributed by atoms with Gasteiger partial charge in [-0.2, -0.15) is 0 Å². The molecule has 3 nitrogen and oxygen atoms in total. The van der Waals surface area contributed by atoms with Crippen LogP contribution in [-0.2, 0) is 4.79 Å². The summed E-state index contributed by atoms with van der Waals surface area (Å²) in [6, 6.07) is 7.16. The Bertz CT molecular complexity index is 540. The van der Waals surface area contributed by atoms with Crippen molar-refractivity contribution in [3.05, 3.63) is 29.3 Å². The molecule has 0 bridgehead atoms. The fraction of sp³-hybridized carbons (Fsp3) is 0.562. The number of nitrogens with one attached hydrogen (secondary N) is 1. The van der Waals surface area contributed by atoms with E-state index >= 15 is 0 Å². The van der Waals surface area contributed by atoms with E-state index in [1.165, 1.54) is 36.1 Å². The van der Waals surface area contributed by atoms with Crippen LogP contribution in [0.4, 0.5) is 5.69 Å². The smallest absolute Gasteiger partial charge is 0.223 e. The van der Waals surface area contributed by atoms with E-state index in [-0.39, 0.29) is 5.91 Å². The summed E-state index contributed by atoms with van der Waals surface area (Å²) in [6.45, 7) is 3.72. The summed E-state index contributed by atoms with van der Waals surface area (Å²) >= 11 is 0. The number of carbonyl (C=O) groups excluding carboxylic acids is 1. The largest absolute Gasteiger partial charge is 0.313 e. The molecule has 3 atom stereocenters. The van der Waals surface area contributed by atoms with Crippen molar-refractivity contribution >= 4 is 11.6 Å². The van der Waals surface area contributed by atoms with Gasteiger partial charge in [0.15, 0.2) is 0 Å². The quantitative estimate of drug-likeness (QED) is 0.773. The van der Waals surface area contributed by atoms with E-state index in [1.807, 2.05) is 4.90 Å². The van der Waals surface area contributed by atoms with Crippen molar-refractivity contribution in [2.75, 3.05) is 18.0 Å². The Hall–Kier alpha value is -1.35. The van der Waals surface area contributed by atoms with Crippen LogP contribution in [0.1, 0.15) is 49.1 Å². The summed E-state index contributed by atoms with van der Waals surface area (Å²) in [6.07, 6.45) is 3.76. The standard InChI is InChI=1S/C16H20N2O/c1-10(19)18-9-11-8-14-12(5-3-7-17-14)13-4-2-6-15(18)16(11)13/h2,4,6,11-12,14,17H,3,5,7-9H2,1H3/t11?,12-,14-/m1/s1. The van der Waals surface area contributed by atoms with E-state index in [0.29, 0.717) is 17.9 Å². The summed E-state index contributed by atoms with van der Waals surface area (Å²) < 4.78 is 0. The van der Waals surface area contributed by atoms with Crippen molar-refractivity contribution in [1.82, 2.24) is 5.32 Å². The minimum atomic E-state index is 0.179. The molecule has 0 saturated carbocycles. The summed E-state index contributed by atoms with van der Waals surface area (Å²) in [5.74, 6) is 1.38. The first-order chi connectivity index (χ1) is 9.25. The van der Waals surface area contributed by atoms with Crippen LogP contribution in [0.2, 0.25) is 0 Å². The van der Waals surface area contributed by atoms with E-state index in [0.717, 1.165) is 13.1 Å². The third-order valence-corrected chi connectivity index (χ3v) is 5.12. The van der Waals surface area contributed by atoms with Gasteiger partial charge in [0, 0.05) is 31.1 Å². The lowest BCUT2D eigenvalue weighted by atomic mass is 9.71. The third kappa shape index (κ3) is 1.57. The van der Waals surface area contributed by atoms with Gasteiger partial charge in [-0.3, -0.25) is 4.79 Å². The molecular weight excluding hydrogens is 236 g/mol. The molecule has 19 heavy (non-hydrogen) atoms.